The van der Waals surface area contributed by atoms with E-state index < -0.39 is 5.91 Å². The molecule has 2 aromatic heterocycles. The second-order valence-electron chi connectivity index (χ2n) is 7.45. The first-order valence-electron chi connectivity index (χ1n) is 10.4. The number of ether oxygens (including phenoxy) is 1. The van der Waals surface area contributed by atoms with Crippen LogP contribution in [-0.4, -0.2) is 20.7 Å². The second kappa shape index (κ2) is 9.59. The van der Waals surface area contributed by atoms with Gasteiger partial charge >= 0.3 is 0 Å². The summed E-state index contributed by atoms with van der Waals surface area (Å²) in [6, 6.07) is 22.4. The third-order valence-corrected chi connectivity index (χ3v) is 5.86. The molecule has 2 heterocycles. The molecule has 5 rings (SSSR count). The molecule has 0 aliphatic carbocycles. The SMILES string of the molecule is O=C(Nc1ncn(Cc2c(Cl)cccc2Cl)n1)c1ccc(COc2cccc3ccccc23)o1. The monoisotopic (exact) mass is 492 g/mol. The Bertz CT molecular complexity index is 1450. The summed E-state index contributed by atoms with van der Waals surface area (Å²) in [6.45, 7) is 0.505. The van der Waals surface area contributed by atoms with Crippen molar-refractivity contribution in [3.8, 4) is 5.75 Å². The minimum absolute atomic E-state index is 0.127. The van der Waals surface area contributed by atoms with Gasteiger partial charge in [-0.1, -0.05) is 65.7 Å². The molecular formula is C25H18Cl2N4O3. The second-order valence-corrected chi connectivity index (χ2v) is 8.27. The fourth-order valence-electron chi connectivity index (χ4n) is 3.48. The summed E-state index contributed by atoms with van der Waals surface area (Å²) in [5.41, 5.74) is 0.718. The number of fused-ring (bicyclic) bond motifs is 1. The van der Waals surface area contributed by atoms with E-state index in [1.165, 1.54) is 11.0 Å². The van der Waals surface area contributed by atoms with Crippen LogP contribution in [0, 0.1) is 0 Å². The Morgan fingerprint density at radius 1 is 0.971 bits per heavy atom. The van der Waals surface area contributed by atoms with Gasteiger partial charge in [0.15, 0.2) is 5.76 Å². The number of carbonyl (C=O) groups excluding carboxylic acids is 1. The zero-order valence-corrected chi connectivity index (χ0v) is 19.3. The van der Waals surface area contributed by atoms with Gasteiger partial charge in [0.1, 0.15) is 24.4 Å². The fourth-order valence-corrected chi connectivity index (χ4v) is 4.00. The molecule has 0 fully saturated rings. The number of nitrogens with one attached hydrogen (secondary N) is 1. The van der Waals surface area contributed by atoms with Gasteiger partial charge in [0, 0.05) is 21.0 Å². The largest absolute Gasteiger partial charge is 0.485 e. The lowest BCUT2D eigenvalue weighted by molar-refractivity contribution is 0.0991. The van der Waals surface area contributed by atoms with E-state index in [9.17, 15) is 4.79 Å². The molecule has 0 unspecified atom stereocenters. The Hall–Kier alpha value is -3.81. The van der Waals surface area contributed by atoms with E-state index in [4.69, 9.17) is 32.4 Å². The van der Waals surface area contributed by atoms with Crippen LogP contribution in [-0.2, 0) is 13.2 Å². The lowest BCUT2D eigenvalue weighted by atomic mass is 10.1. The molecule has 9 heteroatoms. The number of anilines is 1. The van der Waals surface area contributed by atoms with E-state index >= 15 is 0 Å². The summed E-state index contributed by atoms with van der Waals surface area (Å²) >= 11 is 12.4. The Morgan fingerprint density at radius 2 is 1.74 bits per heavy atom. The summed E-state index contributed by atoms with van der Waals surface area (Å²) in [5, 5.41) is 10.0. The number of rotatable bonds is 7. The van der Waals surface area contributed by atoms with E-state index in [0.717, 1.165) is 22.1 Å². The maximum Gasteiger partial charge on any atom is 0.293 e. The highest BCUT2D eigenvalue weighted by molar-refractivity contribution is 6.35. The lowest BCUT2D eigenvalue weighted by Gasteiger charge is -2.07. The Labute approximate surface area is 204 Å². The lowest BCUT2D eigenvalue weighted by Crippen LogP contribution is -2.12. The molecule has 5 aromatic rings. The highest BCUT2D eigenvalue weighted by Crippen LogP contribution is 2.27. The summed E-state index contributed by atoms with van der Waals surface area (Å²) in [7, 11) is 0. The minimum atomic E-state index is -0.468. The number of hydrogen-bond donors (Lipinski definition) is 1. The predicted molar refractivity (Wildman–Crippen MR) is 131 cm³/mol. The van der Waals surface area contributed by atoms with Gasteiger partial charge in [-0.05, 0) is 35.7 Å². The number of hydrogen-bond acceptors (Lipinski definition) is 5. The minimum Gasteiger partial charge on any atom is -0.485 e. The molecule has 1 N–H and O–H groups in total. The van der Waals surface area contributed by atoms with Crippen molar-refractivity contribution < 1.29 is 13.9 Å². The molecular weight excluding hydrogens is 475 g/mol. The molecule has 3 aromatic carbocycles. The van der Waals surface area contributed by atoms with Crippen molar-refractivity contribution in [1.82, 2.24) is 14.8 Å². The van der Waals surface area contributed by atoms with Crippen LogP contribution in [0.25, 0.3) is 10.8 Å². The van der Waals surface area contributed by atoms with Crippen molar-refractivity contribution in [3.05, 3.63) is 106 Å². The van der Waals surface area contributed by atoms with Crippen molar-refractivity contribution in [2.24, 2.45) is 0 Å². The highest BCUT2D eigenvalue weighted by Gasteiger charge is 2.15. The standard InChI is InChI=1S/C25H18Cl2N4O3/c26-20-8-4-9-21(27)19(20)13-31-15-28-25(30-31)29-24(32)23-12-11-17(34-23)14-33-22-10-3-6-16-5-1-2-7-18(16)22/h1-12,15H,13-14H2,(H,29,30,32). The third kappa shape index (κ3) is 4.76. The van der Waals surface area contributed by atoms with Gasteiger partial charge in [-0.25, -0.2) is 9.67 Å². The van der Waals surface area contributed by atoms with Crippen LogP contribution in [0.2, 0.25) is 10.0 Å². The number of nitrogens with zero attached hydrogens (tertiary/aromatic N) is 3. The molecule has 1 amide bonds. The van der Waals surface area contributed by atoms with E-state index in [1.807, 2.05) is 42.5 Å². The van der Waals surface area contributed by atoms with Gasteiger partial charge in [-0.3, -0.25) is 10.1 Å². The molecule has 170 valence electrons. The van der Waals surface area contributed by atoms with Crippen LogP contribution in [0.5, 0.6) is 5.75 Å². The number of halogens is 2. The van der Waals surface area contributed by atoms with Gasteiger partial charge < -0.3 is 9.15 Å². The van der Waals surface area contributed by atoms with Crippen molar-refractivity contribution in [3.63, 3.8) is 0 Å². The summed E-state index contributed by atoms with van der Waals surface area (Å²) in [6.07, 6.45) is 1.49. The molecule has 0 aliphatic heterocycles. The van der Waals surface area contributed by atoms with E-state index in [2.05, 4.69) is 15.4 Å². The molecule has 0 bridgehead atoms. The number of amides is 1. The van der Waals surface area contributed by atoms with Crippen LogP contribution < -0.4 is 10.1 Å². The zero-order chi connectivity index (χ0) is 23.5. The van der Waals surface area contributed by atoms with Crippen LogP contribution in [0.3, 0.4) is 0 Å². The van der Waals surface area contributed by atoms with Crippen LogP contribution in [0.4, 0.5) is 5.95 Å². The average Bonchev–Trinajstić information content (AvgIpc) is 3.50. The van der Waals surface area contributed by atoms with Gasteiger partial charge in [0.05, 0.1) is 6.54 Å². The maximum atomic E-state index is 12.6. The highest BCUT2D eigenvalue weighted by atomic mass is 35.5. The predicted octanol–water partition coefficient (Wildman–Crippen LogP) is 6.21. The van der Waals surface area contributed by atoms with Gasteiger partial charge in [0.2, 0.25) is 5.95 Å². The molecule has 0 aliphatic rings. The van der Waals surface area contributed by atoms with Crippen molar-refractivity contribution in [2.75, 3.05) is 5.32 Å². The Morgan fingerprint density at radius 3 is 2.59 bits per heavy atom. The number of furan rings is 1. The number of benzene rings is 3. The first kappa shape index (κ1) is 22.0. The molecule has 0 spiro atoms. The van der Waals surface area contributed by atoms with Crippen molar-refractivity contribution >= 4 is 45.8 Å². The summed E-state index contributed by atoms with van der Waals surface area (Å²) < 4.78 is 13.1. The summed E-state index contributed by atoms with van der Waals surface area (Å²) in [5.74, 6) is 1.06. The Kier molecular flexibility index (Phi) is 6.20. The quantitative estimate of drug-likeness (QED) is 0.292. The van der Waals surface area contributed by atoms with Crippen LogP contribution in [0.1, 0.15) is 21.9 Å². The molecule has 7 nitrogen and oxygen atoms in total. The van der Waals surface area contributed by atoms with Crippen molar-refractivity contribution in [2.45, 2.75) is 13.2 Å². The third-order valence-electron chi connectivity index (χ3n) is 5.15. The number of aromatic nitrogens is 3. The molecule has 0 atom stereocenters. The molecule has 34 heavy (non-hydrogen) atoms. The van der Waals surface area contributed by atoms with Gasteiger partial charge in [0.25, 0.3) is 5.91 Å². The van der Waals surface area contributed by atoms with Gasteiger partial charge in [-0.2, -0.15) is 0 Å². The summed E-state index contributed by atoms with van der Waals surface area (Å²) in [4.78, 5) is 16.7. The first-order chi connectivity index (χ1) is 16.6. The van der Waals surface area contributed by atoms with Crippen LogP contribution >= 0.6 is 23.2 Å². The van der Waals surface area contributed by atoms with Crippen LogP contribution in [0.15, 0.2) is 83.5 Å². The molecule has 0 saturated carbocycles. The van der Waals surface area contributed by atoms with E-state index in [-0.39, 0.29) is 18.3 Å². The van der Waals surface area contributed by atoms with E-state index in [1.54, 1.807) is 30.3 Å². The number of carbonyl (C=O) groups is 1. The topological polar surface area (TPSA) is 82.2 Å². The average molecular weight is 493 g/mol. The molecule has 0 saturated heterocycles. The van der Waals surface area contributed by atoms with Gasteiger partial charge in [-0.15, -0.1) is 5.10 Å². The van der Waals surface area contributed by atoms with E-state index in [0.29, 0.717) is 22.4 Å². The normalized spacial score (nSPS) is 11.0. The van der Waals surface area contributed by atoms with Crippen molar-refractivity contribution in [1.29, 1.82) is 0 Å². The molecule has 0 radical (unpaired) electrons. The zero-order valence-electron chi connectivity index (χ0n) is 17.7. The fraction of sp³-hybridized carbons (Fsp3) is 0.0800. The first-order valence-corrected chi connectivity index (χ1v) is 11.2. The maximum absolute atomic E-state index is 12.6. The Balaban J connectivity index is 1.21. The smallest absolute Gasteiger partial charge is 0.293 e.